The number of para-hydroxylation sites is 1. The van der Waals surface area contributed by atoms with E-state index >= 15 is 0 Å². The zero-order valence-electron chi connectivity index (χ0n) is 9.50. The van der Waals surface area contributed by atoms with Gasteiger partial charge in [-0.1, -0.05) is 18.2 Å². The Labute approximate surface area is 102 Å². The van der Waals surface area contributed by atoms with Gasteiger partial charge in [0.2, 0.25) is 0 Å². The molecule has 1 aromatic heterocycles. The Morgan fingerprint density at radius 3 is 2.89 bits per heavy atom. The van der Waals surface area contributed by atoms with Gasteiger partial charge in [0.05, 0.1) is 10.9 Å². The first-order valence-corrected chi connectivity index (χ1v) is 5.21. The summed E-state index contributed by atoms with van der Waals surface area (Å²) in [6.45, 7) is 3.61. The highest BCUT2D eigenvalue weighted by Crippen LogP contribution is 2.13. The maximum atomic E-state index is 11.7. The average Bonchev–Trinajstić information content (AvgIpc) is 2.35. The van der Waals surface area contributed by atoms with Crippen LogP contribution in [0.2, 0.25) is 0 Å². The van der Waals surface area contributed by atoms with Crippen LogP contribution in [0.15, 0.2) is 46.1 Å². The van der Waals surface area contributed by atoms with Gasteiger partial charge < -0.3 is 10.2 Å². The maximum Gasteiger partial charge on any atom is 0.348 e. The molecular formula is C12H11N3O3. The maximum absolute atomic E-state index is 11.7. The summed E-state index contributed by atoms with van der Waals surface area (Å²) in [4.78, 5) is 28.1. The topological polar surface area (TPSA) is 89.4 Å². The number of urea groups is 1. The number of aromatic nitrogens is 1. The Hall–Kier alpha value is -2.63. The van der Waals surface area contributed by atoms with E-state index in [1.165, 1.54) is 6.08 Å². The quantitative estimate of drug-likeness (QED) is 0.824. The van der Waals surface area contributed by atoms with E-state index in [1.807, 2.05) is 0 Å². The van der Waals surface area contributed by atoms with E-state index in [0.717, 1.165) is 4.90 Å². The third-order valence-electron chi connectivity index (χ3n) is 2.33. The van der Waals surface area contributed by atoms with E-state index < -0.39 is 11.7 Å². The number of hydrogen-bond donors (Lipinski definition) is 1. The fraction of sp³-hybridized carbons (Fsp3) is 0.0833. The molecule has 2 aromatic rings. The standard InChI is InChI=1S/C12H11N3O3/c1-2-7-15(11(13)17)12-14-9-6-4-3-5-8(9)10(16)18-12/h2-6H,1,7H2,(H2,13,17). The van der Waals surface area contributed by atoms with Gasteiger partial charge in [-0.15, -0.1) is 6.58 Å². The number of nitrogens with zero attached hydrogens (tertiary/aromatic N) is 2. The Kier molecular flexibility index (Phi) is 3.09. The van der Waals surface area contributed by atoms with Crippen LogP contribution in [-0.2, 0) is 0 Å². The Morgan fingerprint density at radius 1 is 1.50 bits per heavy atom. The molecule has 0 spiro atoms. The molecule has 0 bridgehead atoms. The van der Waals surface area contributed by atoms with Crippen LogP contribution in [-0.4, -0.2) is 17.6 Å². The first-order valence-electron chi connectivity index (χ1n) is 5.21. The lowest BCUT2D eigenvalue weighted by molar-refractivity contribution is 0.253. The number of amides is 2. The summed E-state index contributed by atoms with van der Waals surface area (Å²) in [7, 11) is 0. The highest BCUT2D eigenvalue weighted by molar-refractivity contribution is 5.89. The number of benzene rings is 1. The van der Waals surface area contributed by atoms with Crippen molar-refractivity contribution in [1.29, 1.82) is 0 Å². The van der Waals surface area contributed by atoms with Gasteiger partial charge in [0.1, 0.15) is 0 Å². The lowest BCUT2D eigenvalue weighted by atomic mass is 10.2. The smallest absolute Gasteiger partial charge is 0.348 e. The third kappa shape index (κ3) is 2.08. The number of anilines is 1. The zero-order valence-corrected chi connectivity index (χ0v) is 9.50. The predicted octanol–water partition coefficient (Wildman–Crippen LogP) is 1.26. The second-order valence-corrected chi connectivity index (χ2v) is 3.54. The van der Waals surface area contributed by atoms with Crippen molar-refractivity contribution < 1.29 is 9.21 Å². The van der Waals surface area contributed by atoms with Gasteiger partial charge in [-0.25, -0.2) is 14.5 Å². The van der Waals surface area contributed by atoms with Gasteiger partial charge in [-0.3, -0.25) is 0 Å². The summed E-state index contributed by atoms with van der Waals surface area (Å²) in [5, 5.41) is 0.351. The molecule has 0 aliphatic heterocycles. The molecule has 1 heterocycles. The van der Waals surface area contributed by atoms with Crippen LogP contribution < -0.4 is 16.3 Å². The SMILES string of the molecule is C=CCN(C(N)=O)c1nc2ccccc2c(=O)o1. The third-order valence-corrected chi connectivity index (χ3v) is 2.33. The van der Waals surface area contributed by atoms with Crippen LogP contribution in [0, 0.1) is 0 Å². The van der Waals surface area contributed by atoms with Crippen LogP contribution in [0.25, 0.3) is 10.9 Å². The van der Waals surface area contributed by atoms with Gasteiger partial charge >= 0.3 is 17.7 Å². The highest BCUT2D eigenvalue weighted by Gasteiger charge is 2.16. The Morgan fingerprint density at radius 2 is 2.22 bits per heavy atom. The molecule has 0 unspecified atom stereocenters. The molecule has 0 radical (unpaired) electrons. The first kappa shape index (κ1) is 11.8. The molecule has 0 saturated carbocycles. The highest BCUT2D eigenvalue weighted by atomic mass is 16.4. The van der Waals surface area contributed by atoms with E-state index in [-0.39, 0.29) is 12.6 Å². The molecule has 2 amide bonds. The van der Waals surface area contributed by atoms with E-state index in [4.69, 9.17) is 10.2 Å². The predicted molar refractivity (Wildman–Crippen MR) is 67.4 cm³/mol. The lowest BCUT2D eigenvalue weighted by Crippen LogP contribution is -2.37. The van der Waals surface area contributed by atoms with Crippen molar-refractivity contribution in [3.8, 4) is 0 Å². The molecule has 0 aliphatic carbocycles. The molecule has 0 fully saturated rings. The van der Waals surface area contributed by atoms with Gasteiger partial charge in [-0.05, 0) is 12.1 Å². The molecule has 2 N–H and O–H groups in total. The summed E-state index contributed by atoms with van der Waals surface area (Å²) in [6.07, 6.45) is 1.46. The van der Waals surface area contributed by atoms with E-state index in [9.17, 15) is 9.59 Å². The van der Waals surface area contributed by atoms with Crippen molar-refractivity contribution in [2.75, 3.05) is 11.4 Å². The number of rotatable bonds is 3. The van der Waals surface area contributed by atoms with Crippen molar-refractivity contribution in [1.82, 2.24) is 4.98 Å². The first-order chi connectivity index (χ1) is 8.63. The Bertz CT molecular complexity index is 663. The molecular weight excluding hydrogens is 234 g/mol. The van der Waals surface area contributed by atoms with Crippen molar-refractivity contribution in [2.45, 2.75) is 0 Å². The molecule has 2 rings (SSSR count). The van der Waals surface area contributed by atoms with Crippen molar-refractivity contribution in [2.24, 2.45) is 5.73 Å². The number of carbonyl (C=O) groups is 1. The van der Waals surface area contributed by atoms with Crippen LogP contribution in [0.1, 0.15) is 0 Å². The van der Waals surface area contributed by atoms with Crippen molar-refractivity contribution >= 4 is 22.9 Å². The van der Waals surface area contributed by atoms with Crippen LogP contribution in [0.3, 0.4) is 0 Å². The molecule has 1 aromatic carbocycles. The summed E-state index contributed by atoms with van der Waals surface area (Å²) in [5.74, 6) is 0. The normalized spacial score (nSPS) is 10.2. The second kappa shape index (κ2) is 4.70. The number of fused-ring (bicyclic) bond motifs is 1. The monoisotopic (exact) mass is 245 g/mol. The molecule has 92 valence electrons. The van der Waals surface area contributed by atoms with Gasteiger partial charge in [-0.2, -0.15) is 4.98 Å². The minimum atomic E-state index is -0.763. The average molecular weight is 245 g/mol. The van der Waals surface area contributed by atoms with E-state index in [2.05, 4.69) is 11.6 Å². The van der Waals surface area contributed by atoms with Gasteiger partial charge in [0.15, 0.2) is 0 Å². The number of primary amides is 1. The fourth-order valence-corrected chi connectivity index (χ4v) is 1.51. The Balaban J connectivity index is 2.61. The number of nitrogens with two attached hydrogens (primary N) is 1. The summed E-state index contributed by atoms with van der Waals surface area (Å²) >= 11 is 0. The number of carbonyl (C=O) groups excluding carboxylic acids is 1. The molecule has 0 saturated heterocycles. The van der Waals surface area contributed by atoms with Crippen LogP contribution >= 0.6 is 0 Å². The summed E-state index contributed by atoms with van der Waals surface area (Å²) < 4.78 is 4.98. The largest absolute Gasteiger partial charge is 0.388 e. The summed E-state index contributed by atoms with van der Waals surface area (Å²) in [6, 6.07) is 5.80. The summed E-state index contributed by atoms with van der Waals surface area (Å²) in [5.41, 5.74) is 5.07. The molecule has 6 nitrogen and oxygen atoms in total. The minimum absolute atomic E-state index is 0.115. The van der Waals surface area contributed by atoms with Gasteiger partial charge in [0.25, 0.3) is 0 Å². The fourth-order valence-electron chi connectivity index (χ4n) is 1.51. The molecule has 18 heavy (non-hydrogen) atoms. The van der Waals surface area contributed by atoms with Gasteiger partial charge in [0, 0.05) is 6.54 Å². The van der Waals surface area contributed by atoms with Crippen LogP contribution in [0.5, 0.6) is 0 Å². The lowest BCUT2D eigenvalue weighted by Gasteiger charge is -2.15. The molecule has 0 atom stereocenters. The second-order valence-electron chi connectivity index (χ2n) is 3.54. The zero-order chi connectivity index (χ0) is 13.1. The minimum Gasteiger partial charge on any atom is -0.388 e. The van der Waals surface area contributed by atoms with E-state index in [0.29, 0.717) is 10.9 Å². The van der Waals surface area contributed by atoms with Crippen molar-refractivity contribution in [3.63, 3.8) is 0 Å². The number of hydrogen-bond acceptors (Lipinski definition) is 4. The van der Waals surface area contributed by atoms with Crippen LogP contribution in [0.4, 0.5) is 10.8 Å². The van der Waals surface area contributed by atoms with E-state index in [1.54, 1.807) is 24.3 Å². The molecule has 0 aliphatic rings. The molecule has 6 heteroatoms. The van der Waals surface area contributed by atoms with Crippen molar-refractivity contribution in [3.05, 3.63) is 47.3 Å².